The fourth-order valence-corrected chi connectivity index (χ4v) is 2.68. The number of methoxy groups -OCH3 is 1. The van der Waals surface area contributed by atoms with E-state index < -0.39 is 6.10 Å². The Morgan fingerprint density at radius 3 is 2.55 bits per heavy atom. The molecule has 1 aliphatic heterocycles. The number of benzene rings is 1. The maximum Gasteiger partial charge on any atom is 0.162 e. The Labute approximate surface area is 120 Å². The molecule has 0 spiro atoms. The SMILES string of the molecule is CCC1O[C@@H](OC)C(C)[C@@H](OCc2ccccc2)[C@H]1O. The van der Waals surface area contributed by atoms with Gasteiger partial charge in [-0.25, -0.2) is 0 Å². The molecule has 0 amide bonds. The van der Waals surface area contributed by atoms with Crippen LogP contribution in [0.2, 0.25) is 0 Å². The van der Waals surface area contributed by atoms with Crippen molar-refractivity contribution in [3.63, 3.8) is 0 Å². The minimum Gasteiger partial charge on any atom is -0.388 e. The van der Waals surface area contributed by atoms with Crippen LogP contribution < -0.4 is 0 Å². The third-order valence-electron chi connectivity index (χ3n) is 3.89. The van der Waals surface area contributed by atoms with Gasteiger partial charge in [-0.05, 0) is 12.0 Å². The monoisotopic (exact) mass is 280 g/mol. The van der Waals surface area contributed by atoms with Crippen LogP contribution in [0.3, 0.4) is 0 Å². The molecule has 2 rings (SSSR count). The predicted molar refractivity (Wildman–Crippen MR) is 76.2 cm³/mol. The molecular weight excluding hydrogens is 256 g/mol. The highest BCUT2D eigenvalue weighted by Crippen LogP contribution is 2.30. The largest absolute Gasteiger partial charge is 0.388 e. The summed E-state index contributed by atoms with van der Waals surface area (Å²) in [7, 11) is 1.62. The summed E-state index contributed by atoms with van der Waals surface area (Å²) in [6.07, 6.45) is -0.733. The Balaban J connectivity index is 2.02. The van der Waals surface area contributed by atoms with E-state index in [1.807, 2.05) is 44.2 Å². The second-order valence-electron chi connectivity index (χ2n) is 5.30. The molecule has 1 heterocycles. The predicted octanol–water partition coefficient (Wildman–Crippen LogP) is 2.35. The first kappa shape index (κ1) is 15.4. The van der Waals surface area contributed by atoms with Crippen LogP contribution in [0.15, 0.2) is 30.3 Å². The van der Waals surface area contributed by atoms with Crippen LogP contribution in [-0.2, 0) is 20.8 Å². The van der Waals surface area contributed by atoms with Gasteiger partial charge in [0.05, 0.1) is 18.8 Å². The second kappa shape index (κ2) is 7.18. The zero-order chi connectivity index (χ0) is 14.5. The lowest BCUT2D eigenvalue weighted by atomic mass is 9.91. The molecule has 4 nitrogen and oxygen atoms in total. The molecule has 1 aliphatic rings. The van der Waals surface area contributed by atoms with E-state index in [0.29, 0.717) is 6.61 Å². The van der Waals surface area contributed by atoms with E-state index in [2.05, 4.69) is 0 Å². The van der Waals surface area contributed by atoms with Crippen LogP contribution in [0.4, 0.5) is 0 Å². The maximum absolute atomic E-state index is 10.4. The van der Waals surface area contributed by atoms with Gasteiger partial charge in [-0.2, -0.15) is 0 Å². The standard InChI is InChI=1S/C16H24O4/c1-4-13-14(17)15(11(2)16(18-3)20-13)19-10-12-8-6-5-7-9-12/h5-9,11,13-17H,4,10H2,1-3H3/t11?,13?,14-,15+,16+/m0/s1. The van der Waals surface area contributed by atoms with Crippen LogP contribution >= 0.6 is 0 Å². The molecule has 112 valence electrons. The number of ether oxygens (including phenoxy) is 3. The molecule has 1 aromatic rings. The van der Waals surface area contributed by atoms with Gasteiger partial charge in [-0.15, -0.1) is 0 Å². The number of hydrogen-bond acceptors (Lipinski definition) is 4. The molecular formula is C16H24O4. The van der Waals surface area contributed by atoms with Crippen molar-refractivity contribution < 1.29 is 19.3 Å². The van der Waals surface area contributed by atoms with Crippen LogP contribution in [-0.4, -0.2) is 36.8 Å². The quantitative estimate of drug-likeness (QED) is 0.899. The summed E-state index contributed by atoms with van der Waals surface area (Å²) in [6.45, 7) is 4.46. The van der Waals surface area contributed by atoms with E-state index in [1.54, 1.807) is 7.11 Å². The van der Waals surface area contributed by atoms with Crippen molar-refractivity contribution in [1.29, 1.82) is 0 Å². The first-order valence-electron chi connectivity index (χ1n) is 7.19. The molecule has 0 aliphatic carbocycles. The van der Waals surface area contributed by atoms with Gasteiger partial charge in [-0.1, -0.05) is 44.2 Å². The third-order valence-corrected chi connectivity index (χ3v) is 3.89. The molecule has 1 N–H and O–H groups in total. The van der Waals surface area contributed by atoms with Crippen LogP contribution in [0.5, 0.6) is 0 Å². The zero-order valence-corrected chi connectivity index (χ0v) is 12.4. The molecule has 0 bridgehead atoms. The average Bonchev–Trinajstić information content (AvgIpc) is 2.48. The van der Waals surface area contributed by atoms with Gasteiger partial charge in [0.1, 0.15) is 6.10 Å². The molecule has 20 heavy (non-hydrogen) atoms. The lowest BCUT2D eigenvalue weighted by Gasteiger charge is -2.42. The Morgan fingerprint density at radius 1 is 1.25 bits per heavy atom. The number of aliphatic hydroxyl groups is 1. The highest BCUT2D eigenvalue weighted by atomic mass is 16.7. The van der Waals surface area contributed by atoms with Gasteiger partial charge in [0, 0.05) is 13.0 Å². The lowest BCUT2D eigenvalue weighted by molar-refractivity contribution is -0.279. The molecule has 0 radical (unpaired) electrons. The summed E-state index contributed by atoms with van der Waals surface area (Å²) in [5.74, 6) is -0.0125. The summed E-state index contributed by atoms with van der Waals surface area (Å²) in [5, 5.41) is 10.4. The van der Waals surface area contributed by atoms with E-state index in [0.717, 1.165) is 12.0 Å². The van der Waals surface area contributed by atoms with Gasteiger partial charge in [0.15, 0.2) is 6.29 Å². The first-order chi connectivity index (χ1) is 9.67. The first-order valence-corrected chi connectivity index (χ1v) is 7.19. The van der Waals surface area contributed by atoms with Gasteiger partial charge < -0.3 is 19.3 Å². The van der Waals surface area contributed by atoms with E-state index in [9.17, 15) is 5.11 Å². The highest BCUT2D eigenvalue weighted by Gasteiger charge is 2.43. The van der Waals surface area contributed by atoms with Crippen molar-refractivity contribution in [1.82, 2.24) is 0 Å². The zero-order valence-electron chi connectivity index (χ0n) is 12.4. The van der Waals surface area contributed by atoms with Crippen molar-refractivity contribution in [3.05, 3.63) is 35.9 Å². The molecule has 1 saturated heterocycles. The normalized spacial score (nSPS) is 34.1. The molecule has 5 atom stereocenters. The van der Waals surface area contributed by atoms with E-state index in [1.165, 1.54) is 0 Å². The minimum atomic E-state index is -0.620. The fraction of sp³-hybridized carbons (Fsp3) is 0.625. The van der Waals surface area contributed by atoms with E-state index in [4.69, 9.17) is 14.2 Å². The Hall–Kier alpha value is -0.940. The molecule has 4 heteroatoms. The van der Waals surface area contributed by atoms with Crippen LogP contribution in [0.25, 0.3) is 0 Å². The van der Waals surface area contributed by atoms with Crippen molar-refractivity contribution >= 4 is 0 Å². The maximum atomic E-state index is 10.4. The van der Waals surface area contributed by atoms with Crippen LogP contribution in [0, 0.1) is 5.92 Å². The highest BCUT2D eigenvalue weighted by molar-refractivity contribution is 5.13. The van der Waals surface area contributed by atoms with Gasteiger partial charge in [0.25, 0.3) is 0 Å². The Morgan fingerprint density at radius 2 is 1.95 bits per heavy atom. The van der Waals surface area contributed by atoms with Crippen molar-refractivity contribution in [3.8, 4) is 0 Å². The van der Waals surface area contributed by atoms with Crippen molar-refractivity contribution in [2.75, 3.05) is 7.11 Å². The molecule has 1 fully saturated rings. The second-order valence-corrected chi connectivity index (χ2v) is 5.30. The Kier molecular flexibility index (Phi) is 5.54. The number of hydrogen-bond donors (Lipinski definition) is 1. The molecule has 0 saturated carbocycles. The van der Waals surface area contributed by atoms with Gasteiger partial charge in [-0.3, -0.25) is 0 Å². The summed E-state index contributed by atoms with van der Waals surface area (Å²) in [4.78, 5) is 0. The summed E-state index contributed by atoms with van der Waals surface area (Å²) < 4.78 is 17.0. The smallest absolute Gasteiger partial charge is 0.162 e. The molecule has 1 aromatic carbocycles. The van der Waals surface area contributed by atoms with Gasteiger partial charge >= 0.3 is 0 Å². The third kappa shape index (κ3) is 3.38. The Bertz CT molecular complexity index is 379. The summed E-state index contributed by atoms with van der Waals surface area (Å²) in [6, 6.07) is 9.97. The molecule has 2 unspecified atom stereocenters. The van der Waals surface area contributed by atoms with E-state index >= 15 is 0 Å². The minimum absolute atomic E-state index is 0.0125. The van der Waals surface area contributed by atoms with Gasteiger partial charge in [0.2, 0.25) is 0 Å². The van der Waals surface area contributed by atoms with Crippen molar-refractivity contribution in [2.24, 2.45) is 5.92 Å². The summed E-state index contributed by atoms with van der Waals surface area (Å²) in [5.41, 5.74) is 1.10. The van der Waals surface area contributed by atoms with E-state index in [-0.39, 0.29) is 24.4 Å². The number of rotatable bonds is 5. The summed E-state index contributed by atoms with van der Waals surface area (Å²) >= 11 is 0. The number of aliphatic hydroxyl groups excluding tert-OH is 1. The molecule has 0 aromatic heterocycles. The fourth-order valence-electron chi connectivity index (χ4n) is 2.68. The van der Waals surface area contributed by atoms with Crippen molar-refractivity contribution in [2.45, 2.75) is 51.5 Å². The van der Waals surface area contributed by atoms with Crippen LogP contribution in [0.1, 0.15) is 25.8 Å². The topological polar surface area (TPSA) is 47.9 Å². The average molecular weight is 280 g/mol. The lowest BCUT2D eigenvalue weighted by Crippen LogP contribution is -2.54.